The van der Waals surface area contributed by atoms with Crippen molar-refractivity contribution in [3.8, 4) is 0 Å². The fourth-order valence-corrected chi connectivity index (χ4v) is 3.32. The van der Waals surface area contributed by atoms with Crippen LogP contribution in [0.3, 0.4) is 0 Å². The molecule has 2 aliphatic carbocycles. The lowest BCUT2D eigenvalue weighted by Gasteiger charge is -2.19. The number of esters is 1. The van der Waals surface area contributed by atoms with Gasteiger partial charge in [-0.1, -0.05) is 25.5 Å². The van der Waals surface area contributed by atoms with Crippen molar-refractivity contribution in [2.75, 3.05) is 7.11 Å². The molecule has 3 heteroatoms. The second kappa shape index (κ2) is 5.28. The van der Waals surface area contributed by atoms with Crippen LogP contribution in [0, 0.1) is 17.3 Å². The van der Waals surface area contributed by atoms with Crippen molar-refractivity contribution in [1.29, 1.82) is 0 Å². The summed E-state index contributed by atoms with van der Waals surface area (Å²) >= 11 is 0. The van der Waals surface area contributed by atoms with Crippen molar-refractivity contribution in [3.05, 3.63) is 11.6 Å². The van der Waals surface area contributed by atoms with Crippen molar-refractivity contribution >= 4 is 5.97 Å². The quantitative estimate of drug-likeness (QED) is 0.578. The lowest BCUT2D eigenvalue weighted by molar-refractivity contribution is -0.156. The maximum Gasteiger partial charge on any atom is 0.310 e. The molecule has 0 heterocycles. The second-order valence-corrected chi connectivity index (χ2v) is 6.75. The van der Waals surface area contributed by atoms with Gasteiger partial charge in [0.15, 0.2) is 0 Å². The monoisotopic (exact) mass is 266 g/mol. The molecule has 0 N–H and O–H groups in total. The van der Waals surface area contributed by atoms with Gasteiger partial charge in [0.05, 0.1) is 12.0 Å². The van der Waals surface area contributed by atoms with Gasteiger partial charge in [0.1, 0.15) is 6.10 Å². The zero-order valence-electron chi connectivity index (χ0n) is 12.7. The first-order chi connectivity index (χ1) is 8.87. The zero-order chi connectivity index (χ0) is 14.2. The van der Waals surface area contributed by atoms with E-state index in [2.05, 4.69) is 33.8 Å². The van der Waals surface area contributed by atoms with Crippen LogP contribution in [0.1, 0.15) is 47.0 Å². The van der Waals surface area contributed by atoms with Crippen LogP contribution >= 0.6 is 0 Å². The van der Waals surface area contributed by atoms with Crippen LogP contribution in [0.25, 0.3) is 0 Å². The number of allylic oxidation sites excluding steroid dienone is 2. The van der Waals surface area contributed by atoms with Gasteiger partial charge in [0, 0.05) is 7.11 Å². The lowest BCUT2D eigenvalue weighted by Crippen LogP contribution is -2.29. The summed E-state index contributed by atoms with van der Waals surface area (Å²) in [6, 6.07) is 0. The first kappa shape index (κ1) is 14.6. The van der Waals surface area contributed by atoms with Crippen LogP contribution in [0.5, 0.6) is 0 Å². The average molecular weight is 266 g/mol. The van der Waals surface area contributed by atoms with Gasteiger partial charge in [-0.15, -0.1) is 0 Å². The van der Waals surface area contributed by atoms with E-state index in [1.54, 1.807) is 7.11 Å². The Kier molecular flexibility index (Phi) is 4.05. The minimum atomic E-state index is -0.0405. The van der Waals surface area contributed by atoms with Crippen LogP contribution in [0.4, 0.5) is 0 Å². The van der Waals surface area contributed by atoms with Crippen molar-refractivity contribution in [2.24, 2.45) is 17.3 Å². The Labute approximate surface area is 116 Å². The SMILES string of the molecule is CO[C@@H]1CCC[C@@H]1OC(=O)[C@H]1[C@@H](C=C(C)C)C1(C)C. The number of rotatable bonds is 4. The molecule has 0 spiro atoms. The molecule has 108 valence electrons. The summed E-state index contributed by atoms with van der Waals surface area (Å²) in [5.41, 5.74) is 1.30. The Bertz CT molecular complexity index is 379. The van der Waals surface area contributed by atoms with E-state index in [1.165, 1.54) is 5.57 Å². The highest BCUT2D eigenvalue weighted by atomic mass is 16.6. The fraction of sp³-hybridized carbons (Fsp3) is 0.812. The average Bonchev–Trinajstić information content (AvgIpc) is 2.69. The van der Waals surface area contributed by atoms with E-state index in [4.69, 9.17) is 9.47 Å². The van der Waals surface area contributed by atoms with Crippen LogP contribution in [-0.2, 0) is 14.3 Å². The van der Waals surface area contributed by atoms with Crippen molar-refractivity contribution in [2.45, 2.75) is 59.2 Å². The standard InChI is InChI=1S/C16H26O3/c1-10(2)9-11-14(16(11,3)4)15(17)19-13-8-6-7-12(13)18-5/h9,11-14H,6-8H2,1-5H3/t11-,12-,13+,14-/m1/s1. The molecule has 0 bridgehead atoms. The van der Waals surface area contributed by atoms with Gasteiger partial charge >= 0.3 is 5.97 Å². The topological polar surface area (TPSA) is 35.5 Å². The number of ether oxygens (including phenoxy) is 2. The molecular weight excluding hydrogens is 240 g/mol. The van der Waals surface area contributed by atoms with Crippen molar-refractivity contribution < 1.29 is 14.3 Å². The van der Waals surface area contributed by atoms with Crippen molar-refractivity contribution in [3.63, 3.8) is 0 Å². The van der Waals surface area contributed by atoms with Gasteiger partial charge < -0.3 is 9.47 Å². The molecule has 0 unspecified atom stereocenters. The third kappa shape index (κ3) is 2.86. The molecule has 0 radical (unpaired) electrons. The summed E-state index contributed by atoms with van der Waals surface area (Å²) in [6.07, 6.45) is 5.27. The van der Waals surface area contributed by atoms with Gasteiger partial charge in [-0.05, 0) is 44.4 Å². The minimum Gasteiger partial charge on any atom is -0.459 e. The summed E-state index contributed by atoms with van der Waals surface area (Å²) in [4.78, 5) is 12.3. The Hall–Kier alpha value is -0.830. The zero-order valence-corrected chi connectivity index (χ0v) is 12.7. The number of hydrogen-bond donors (Lipinski definition) is 0. The molecule has 0 aliphatic heterocycles. The highest BCUT2D eigenvalue weighted by Crippen LogP contribution is 2.60. The van der Waals surface area contributed by atoms with Gasteiger partial charge in [-0.3, -0.25) is 4.79 Å². The molecule has 4 atom stereocenters. The maximum absolute atomic E-state index is 12.3. The third-order valence-corrected chi connectivity index (χ3v) is 4.64. The highest BCUT2D eigenvalue weighted by Gasteiger charge is 2.61. The van der Waals surface area contributed by atoms with E-state index >= 15 is 0 Å². The second-order valence-electron chi connectivity index (χ2n) is 6.75. The molecule has 2 saturated carbocycles. The Morgan fingerprint density at radius 2 is 1.84 bits per heavy atom. The molecule has 2 aliphatic rings. The number of carbonyl (C=O) groups excluding carboxylic acids is 1. The normalized spacial score (nSPS) is 35.8. The van der Waals surface area contributed by atoms with E-state index in [1.807, 2.05) is 0 Å². The Morgan fingerprint density at radius 1 is 1.21 bits per heavy atom. The number of carbonyl (C=O) groups is 1. The van der Waals surface area contributed by atoms with E-state index in [9.17, 15) is 4.79 Å². The first-order valence-corrected chi connectivity index (χ1v) is 7.26. The molecule has 0 amide bonds. The molecule has 2 fully saturated rings. The van der Waals surface area contributed by atoms with Crippen molar-refractivity contribution in [1.82, 2.24) is 0 Å². The van der Waals surface area contributed by atoms with Gasteiger partial charge in [-0.25, -0.2) is 0 Å². The fourth-order valence-electron chi connectivity index (χ4n) is 3.32. The lowest BCUT2D eigenvalue weighted by atomic mass is 10.1. The van der Waals surface area contributed by atoms with E-state index in [0.29, 0.717) is 5.92 Å². The van der Waals surface area contributed by atoms with E-state index < -0.39 is 0 Å². The Balaban J connectivity index is 1.96. The van der Waals surface area contributed by atoms with Crippen LogP contribution in [0.15, 0.2) is 11.6 Å². The molecule has 0 aromatic rings. The molecular formula is C16H26O3. The summed E-state index contributed by atoms with van der Waals surface area (Å²) in [6.45, 7) is 8.44. The molecule has 2 rings (SSSR count). The van der Waals surface area contributed by atoms with Gasteiger partial charge in [-0.2, -0.15) is 0 Å². The smallest absolute Gasteiger partial charge is 0.310 e. The largest absolute Gasteiger partial charge is 0.459 e. The molecule has 19 heavy (non-hydrogen) atoms. The minimum absolute atomic E-state index is 0.0144. The predicted molar refractivity (Wildman–Crippen MR) is 74.7 cm³/mol. The third-order valence-electron chi connectivity index (χ3n) is 4.64. The summed E-state index contributed by atoms with van der Waals surface area (Å²) in [5.74, 6) is 0.300. The van der Waals surface area contributed by atoms with E-state index in [0.717, 1.165) is 19.3 Å². The molecule has 0 aromatic heterocycles. The van der Waals surface area contributed by atoms with Crippen LogP contribution in [-0.4, -0.2) is 25.3 Å². The highest BCUT2D eigenvalue weighted by molar-refractivity contribution is 5.78. The summed E-state index contributed by atoms with van der Waals surface area (Å²) in [5, 5.41) is 0. The van der Waals surface area contributed by atoms with E-state index in [-0.39, 0.29) is 29.5 Å². The number of methoxy groups -OCH3 is 1. The van der Waals surface area contributed by atoms with Crippen LogP contribution < -0.4 is 0 Å². The van der Waals surface area contributed by atoms with Gasteiger partial charge in [0.25, 0.3) is 0 Å². The molecule has 0 aromatic carbocycles. The first-order valence-electron chi connectivity index (χ1n) is 7.26. The summed E-state index contributed by atoms with van der Waals surface area (Å²) < 4.78 is 11.1. The number of hydrogen-bond acceptors (Lipinski definition) is 3. The van der Waals surface area contributed by atoms with Crippen LogP contribution in [0.2, 0.25) is 0 Å². The predicted octanol–water partition coefficient (Wildman–Crippen LogP) is 3.34. The van der Waals surface area contributed by atoms with Gasteiger partial charge in [0.2, 0.25) is 0 Å². The molecule has 0 saturated heterocycles. The Morgan fingerprint density at radius 3 is 2.42 bits per heavy atom. The maximum atomic E-state index is 12.3. The molecule has 3 nitrogen and oxygen atoms in total. The summed E-state index contributed by atoms with van der Waals surface area (Å²) in [7, 11) is 1.70.